The van der Waals surface area contributed by atoms with Crippen molar-refractivity contribution in [3.8, 4) is 0 Å². The number of nitrogens with zero attached hydrogens (tertiary/aromatic N) is 1. The highest BCUT2D eigenvalue weighted by Gasteiger charge is 2.15. The fourth-order valence-corrected chi connectivity index (χ4v) is 1.71. The van der Waals surface area contributed by atoms with Crippen LogP contribution in [0.4, 0.5) is 5.69 Å². The van der Waals surface area contributed by atoms with Crippen molar-refractivity contribution in [3.63, 3.8) is 0 Å². The van der Waals surface area contributed by atoms with Crippen molar-refractivity contribution in [1.29, 1.82) is 0 Å². The van der Waals surface area contributed by atoms with Crippen molar-refractivity contribution in [2.75, 3.05) is 4.72 Å². The van der Waals surface area contributed by atoms with Crippen molar-refractivity contribution in [2.45, 2.75) is 32.4 Å². The van der Waals surface area contributed by atoms with Gasteiger partial charge in [0.25, 0.3) is 0 Å². The number of pyridine rings is 1. The van der Waals surface area contributed by atoms with E-state index in [0.717, 1.165) is 12.1 Å². The largest absolute Gasteiger partial charge is 0.283 e. The molecule has 0 aromatic carbocycles. The van der Waals surface area contributed by atoms with Gasteiger partial charge in [-0.1, -0.05) is 6.92 Å². The average molecular weight is 228 g/mol. The molecule has 5 heteroatoms. The van der Waals surface area contributed by atoms with Crippen LogP contribution >= 0.6 is 0 Å². The molecule has 0 aliphatic heterocycles. The molecule has 0 atom stereocenters. The van der Waals surface area contributed by atoms with Gasteiger partial charge >= 0.3 is 0 Å². The van der Waals surface area contributed by atoms with Crippen LogP contribution in [0.3, 0.4) is 0 Å². The van der Waals surface area contributed by atoms with E-state index in [1.807, 2.05) is 6.92 Å². The molecule has 84 valence electrons. The quantitative estimate of drug-likeness (QED) is 0.854. The van der Waals surface area contributed by atoms with E-state index in [2.05, 4.69) is 9.71 Å². The first-order valence-electron chi connectivity index (χ1n) is 4.92. The zero-order valence-electron chi connectivity index (χ0n) is 9.19. The van der Waals surface area contributed by atoms with Crippen LogP contribution in [0.5, 0.6) is 0 Å². The Morgan fingerprint density at radius 1 is 1.47 bits per heavy atom. The lowest BCUT2D eigenvalue weighted by molar-refractivity contribution is 0.593. The van der Waals surface area contributed by atoms with Crippen LogP contribution < -0.4 is 4.72 Å². The highest BCUT2D eigenvalue weighted by Crippen LogP contribution is 2.12. The van der Waals surface area contributed by atoms with Crippen LogP contribution in [0.25, 0.3) is 0 Å². The Balaban J connectivity index is 2.90. The number of nitrogens with one attached hydrogen (secondary N) is 1. The minimum absolute atomic E-state index is 0.434. The van der Waals surface area contributed by atoms with Crippen LogP contribution in [0.1, 0.15) is 26.5 Å². The lowest BCUT2D eigenvalue weighted by Gasteiger charge is -2.10. The third-order valence-electron chi connectivity index (χ3n) is 2.06. The van der Waals surface area contributed by atoms with Crippen LogP contribution in [-0.4, -0.2) is 18.7 Å². The van der Waals surface area contributed by atoms with Crippen molar-refractivity contribution in [2.24, 2.45) is 0 Å². The summed E-state index contributed by atoms with van der Waals surface area (Å²) in [5.41, 5.74) is 1.45. The number of sulfonamides is 1. The number of aromatic nitrogens is 1. The molecule has 1 N–H and O–H groups in total. The lowest BCUT2D eigenvalue weighted by Crippen LogP contribution is -2.22. The third kappa shape index (κ3) is 3.20. The molecule has 0 radical (unpaired) electrons. The maximum Gasteiger partial charge on any atom is 0.235 e. The Morgan fingerprint density at radius 3 is 2.67 bits per heavy atom. The van der Waals surface area contributed by atoms with E-state index in [4.69, 9.17) is 0 Å². The van der Waals surface area contributed by atoms with Crippen LogP contribution in [-0.2, 0) is 16.4 Å². The summed E-state index contributed by atoms with van der Waals surface area (Å²) in [6.45, 7) is 5.26. The lowest BCUT2D eigenvalue weighted by atomic mass is 10.3. The van der Waals surface area contributed by atoms with Gasteiger partial charge in [0.1, 0.15) is 0 Å². The smallest absolute Gasteiger partial charge is 0.235 e. The third-order valence-corrected chi connectivity index (χ3v) is 3.82. The van der Waals surface area contributed by atoms with Gasteiger partial charge in [-0.3, -0.25) is 9.71 Å². The summed E-state index contributed by atoms with van der Waals surface area (Å²) >= 11 is 0. The molecule has 0 bridgehead atoms. The first kappa shape index (κ1) is 12.0. The Bertz CT molecular complexity index is 427. The normalized spacial score (nSPS) is 11.7. The second-order valence-electron chi connectivity index (χ2n) is 3.59. The summed E-state index contributed by atoms with van der Waals surface area (Å²) < 4.78 is 25.7. The zero-order valence-corrected chi connectivity index (χ0v) is 10.0. The number of aryl methyl sites for hydroxylation is 1. The molecule has 0 unspecified atom stereocenters. The van der Waals surface area contributed by atoms with E-state index in [1.165, 1.54) is 0 Å². The van der Waals surface area contributed by atoms with Gasteiger partial charge in [0.05, 0.1) is 10.9 Å². The molecule has 0 fully saturated rings. The number of hydrogen-bond donors (Lipinski definition) is 1. The number of rotatable bonds is 4. The molecule has 0 saturated carbocycles. The zero-order chi connectivity index (χ0) is 11.5. The SMILES string of the molecule is CCc1cc(NS(=O)(=O)C(C)C)ccn1. The molecule has 0 aliphatic carbocycles. The summed E-state index contributed by atoms with van der Waals surface area (Å²) in [5, 5.41) is -0.434. The first-order valence-corrected chi connectivity index (χ1v) is 6.47. The second kappa shape index (κ2) is 4.61. The van der Waals surface area contributed by atoms with E-state index < -0.39 is 15.3 Å². The minimum atomic E-state index is -3.25. The van der Waals surface area contributed by atoms with Gasteiger partial charge in [-0.05, 0) is 32.4 Å². The van der Waals surface area contributed by atoms with Crippen molar-refractivity contribution < 1.29 is 8.42 Å². The maximum atomic E-state index is 11.6. The van der Waals surface area contributed by atoms with E-state index in [1.54, 1.807) is 32.2 Å². The maximum absolute atomic E-state index is 11.6. The highest BCUT2D eigenvalue weighted by atomic mass is 32.2. The Morgan fingerprint density at radius 2 is 2.13 bits per heavy atom. The van der Waals surface area contributed by atoms with Gasteiger partial charge in [-0.25, -0.2) is 8.42 Å². The first-order chi connectivity index (χ1) is 6.95. The molecule has 1 aromatic heterocycles. The van der Waals surface area contributed by atoms with Gasteiger partial charge in [0, 0.05) is 11.9 Å². The molecular formula is C10H16N2O2S. The molecule has 4 nitrogen and oxygen atoms in total. The second-order valence-corrected chi connectivity index (χ2v) is 5.82. The summed E-state index contributed by atoms with van der Waals surface area (Å²) in [6.07, 6.45) is 2.40. The number of anilines is 1. The average Bonchev–Trinajstić information content (AvgIpc) is 2.17. The summed E-state index contributed by atoms with van der Waals surface area (Å²) in [7, 11) is -3.25. The summed E-state index contributed by atoms with van der Waals surface area (Å²) in [4.78, 5) is 4.10. The fraction of sp³-hybridized carbons (Fsp3) is 0.500. The monoisotopic (exact) mass is 228 g/mol. The molecule has 1 rings (SSSR count). The van der Waals surface area contributed by atoms with Crippen LogP contribution in [0.15, 0.2) is 18.3 Å². The van der Waals surface area contributed by atoms with E-state index >= 15 is 0 Å². The fourth-order valence-electron chi connectivity index (χ4n) is 1.02. The number of hydrogen-bond acceptors (Lipinski definition) is 3. The van der Waals surface area contributed by atoms with Gasteiger partial charge in [0.2, 0.25) is 10.0 Å². The predicted molar refractivity (Wildman–Crippen MR) is 61.3 cm³/mol. The standard InChI is InChI=1S/C10H16N2O2S/c1-4-9-7-10(5-6-11-9)12-15(13,14)8(2)3/h5-8H,4H2,1-3H3,(H,11,12). The van der Waals surface area contributed by atoms with Gasteiger partial charge in [-0.2, -0.15) is 0 Å². The molecule has 0 spiro atoms. The Hall–Kier alpha value is -1.10. The molecular weight excluding hydrogens is 212 g/mol. The van der Waals surface area contributed by atoms with E-state index in [0.29, 0.717) is 5.69 Å². The Labute approximate surface area is 90.8 Å². The molecule has 0 saturated heterocycles. The Kier molecular flexibility index (Phi) is 3.68. The van der Waals surface area contributed by atoms with E-state index in [9.17, 15) is 8.42 Å². The molecule has 1 heterocycles. The van der Waals surface area contributed by atoms with Gasteiger partial charge in [0.15, 0.2) is 0 Å². The molecule has 1 aromatic rings. The summed E-state index contributed by atoms with van der Waals surface area (Å²) in [5.74, 6) is 0. The minimum Gasteiger partial charge on any atom is -0.283 e. The van der Waals surface area contributed by atoms with Crippen molar-refractivity contribution in [3.05, 3.63) is 24.0 Å². The van der Waals surface area contributed by atoms with E-state index in [-0.39, 0.29) is 0 Å². The summed E-state index contributed by atoms with van der Waals surface area (Å²) in [6, 6.07) is 3.40. The van der Waals surface area contributed by atoms with Gasteiger partial charge < -0.3 is 0 Å². The van der Waals surface area contributed by atoms with Crippen LogP contribution in [0.2, 0.25) is 0 Å². The molecule has 0 aliphatic rings. The highest BCUT2D eigenvalue weighted by molar-refractivity contribution is 7.93. The van der Waals surface area contributed by atoms with Crippen molar-refractivity contribution in [1.82, 2.24) is 4.98 Å². The van der Waals surface area contributed by atoms with Crippen LogP contribution in [0, 0.1) is 0 Å². The topological polar surface area (TPSA) is 59.1 Å². The molecule has 15 heavy (non-hydrogen) atoms. The predicted octanol–water partition coefficient (Wildman–Crippen LogP) is 1.79. The van der Waals surface area contributed by atoms with Crippen molar-refractivity contribution >= 4 is 15.7 Å². The molecule has 0 amide bonds. The van der Waals surface area contributed by atoms with Gasteiger partial charge in [-0.15, -0.1) is 0 Å².